The molecule has 0 aromatic carbocycles. The molecule has 0 aliphatic carbocycles. The van der Waals surface area contributed by atoms with Crippen LogP contribution in [0.1, 0.15) is 52.4 Å². The molecule has 5 nitrogen and oxygen atoms in total. The van der Waals surface area contributed by atoms with Gasteiger partial charge in [-0.15, -0.1) is 0 Å². The van der Waals surface area contributed by atoms with Crippen LogP contribution in [0, 0.1) is 0 Å². The second-order valence-electron chi connectivity index (χ2n) is 5.16. The molecule has 1 aromatic rings. The number of ether oxygens (including phenoxy) is 1. The highest BCUT2D eigenvalue weighted by Crippen LogP contribution is 2.12. The van der Waals surface area contributed by atoms with Crippen LogP contribution < -0.4 is 5.32 Å². The van der Waals surface area contributed by atoms with E-state index in [0.717, 1.165) is 31.6 Å². The third kappa shape index (κ3) is 4.58. The van der Waals surface area contributed by atoms with Crippen molar-refractivity contribution in [3.05, 3.63) is 12.2 Å². The highest BCUT2D eigenvalue weighted by molar-refractivity contribution is 4.93. The molecule has 0 aliphatic heterocycles. The molecule has 0 amide bonds. The summed E-state index contributed by atoms with van der Waals surface area (Å²) in [5.41, 5.74) is 0. The third-order valence-electron chi connectivity index (χ3n) is 3.35. The van der Waals surface area contributed by atoms with Crippen LogP contribution in [0.15, 0.2) is 6.33 Å². The van der Waals surface area contributed by atoms with Crippen LogP contribution >= 0.6 is 0 Å². The lowest BCUT2D eigenvalue weighted by atomic mass is 10.0. The van der Waals surface area contributed by atoms with Crippen LogP contribution in [-0.2, 0) is 11.2 Å². The van der Waals surface area contributed by atoms with Crippen molar-refractivity contribution in [3.63, 3.8) is 0 Å². The van der Waals surface area contributed by atoms with Gasteiger partial charge in [-0.3, -0.25) is 0 Å². The van der Waals surface area contributed by atoms with Crippen molar-refractivity contribution < 1.29 is 4.74 Å². The van der Waals surface area contributed by atoms with Gasteiger partial charge in [-0.2, -0.15) is 5.10 Å². The van der Waals surface area contributed by atoms with E-state index >= 15 is 0 Å². The van der Waals surface area contributed by atoms with Gasteiger partial charge in [0, 0.05) is 25.6 Å². The number of rotatable bonds is 9. The fraction of sp³-hybridized carbons (Fsp3) is 0.857. The number of hydrogen-bond acceptors (Lipinski definition) is 4. The lowest BCUT2D eigenvalue weighted by molar-refractivity contribution is 0.0643. The summed E-state index contributed by atoms with van der Waals surface area (Å²) in [6.45, 7) is 9.58. The normalized spacial score (nSPS) is 14.8. The molecule has 0 bridgehead atoms. The van der Waals surface area contributed by atoms with Gasteiger partial charge in [0.2, 0.25) is 0 Å². The average Bonchev–Trinajstić information content (AvgIpc) is 2.85. The second kappa shape index (κ2) is 8.27. The number of nitrogens with zero attached hydrogens (tertiary/aromatic N) is 3. The van der Waals surface area contributed by atoms with E-state index in [1.165, 1.54) is 0 Å². The van der Waals surface area contributed by atoms with Crippen molar-refractivity contribution >= 4 is 0 Å². The van der Waals surface area contributed by atoms with Crippen molar-refractivity contribution in [3.8, 4) is 0 Å². The maximum absolute atomic E-state index is 5.59. The number of aromatic nitrogens is 3. The number of nitrogens with one attached hydrogen (secondary N) is 1. The van der Waals surface area contributed by atoms with Crippen LogP contribution in [0.4, 0.5) is 0 Å². The minimum absolute atomic E-state index is 0.212. The lowest BCUT2D eigenvalue weighted by Crippen LogP contribution is -2.43. The maximum atomic E-state index is 5.59. The molecule has 1 N–H and O–H groups in total. The predicted molar refractivity (Wildman–Crippen MR) is 77.3 cm³/mol. The van der Waals surface area contributed by atoms with Crippen LogP contribution in [0.25, 0.3) is 0 Å². The summed E-state index contributed by atoms with van der Waals surface area (Å²) in [6, 6.07) is 0.628. The summed E-state index contributed by atoms with van der Waals surface area (Å²) in [7, 11) is 1.78. The van der Waals surface area contributed by atoms with E-state index in [4.69, 9.17) is 4.74 Å². The molecule has 5 heteroatoms. The molecule has 2 atom stereocenters. The Bertz CT molecular complexity index is 347. The number of methoxy groups -OCH3 is 1. The first-order chi connectivity index (χ1) is 9.13. The SMILES string of the molecule is CCCNC(Cc1ncnn1C(C)C)C(CC)OC. The number of hydrogen-bond donors (Lipinski definition) is 1. The Morgan fingerprint density at radius 3 is 2.63 bits per heavy atom. The highest BCUT2D eigenvalue weighted by Gasteiger charge is 2.22. The van der Waals surface area contributed by atoms with E-state index in [0.29, 0.717) is 6.04 Å². The minimum atomic E-state index is 0.212. The predicted octanol–water partition coefficient (Wildman–Crippen LogP) is 2.19. The molecular formula is C14H28N4O. The fourth-order valence-corrected chi connectivity index (χ4v) is 2.33. The van der Waals surface area contributed by atoms with Gasteiger partial charge in [0.25, 0.3) is 0 Å². The third-order valence-corrected chi connectivity index (χ3v) is 3.35. The Labute approximate surface area is 116 Å². The first-order valence-electron chi connectivity index (χ1n) is 7.28. The largest absolute Gasteiger partial charge is 0.380 e. The molecule has 0 saturated heterocycles. The van der Waals surface area contributed by atoms with Crippen molar-refractivity contribution in [2.45, 2.75) is 65.1 Å². The quantitative estimate of drug-likeness (QED) is 0.746. The summed E-state index contributed by atoms with van der Waals surface area (Å²) < 4.78 is 7.58. The summed E-state index contributed by atoms with van der Waals surface area (Å²) >= 11 is 0. The van der Waals surface area contributed by atoms with Gasteiger partial charge >= 0.3 is 0 Å². The molecular weight excluding hydrogens is 240 g/mol. The van der Waals surface area contributed by atoms with E-state index in [9.17, 15) is 0 Å². The average molecular weight is 268 g/mol. The first-order valence-corrected chi connectivity index (χ1v) is 7.28. The fourth-order valence-electron chi connectivity index (χ4n) is 2.33. The van der Waals surface area contributed by atoms with Gasteiger partial charge < -0.3 is 10.1 Å². The zero-order valence-corrected chi connectivity index (χ0v) is 12.9. The Hall–Kier alpha value is -0.940. The van der Waals surface area contributed by atoms with Crippen molar-refractivity contribution in [2.24, 2.45) is 0 Å². The Morgan fingerprint density at radius 2 is 2.11 bits per heavy atom. The van der Waals surface area contributed by atoms with Gasteiger partial charge in [-0.1, -0.05) is 13.8 Å². The van der Waals surface area contributed by atoms with Crippen LogP contribution in [-0.4, -0.2) is 40.6 Å². The molecule has 1 heterocycles. The van der Waals surface area contributed by atoms with E-state index in [1.807, 2.05) is 4.68 Å². The zero-order valence-electron chi connectivity index (χ0n) is 12.9. The molecule has 110 valence electrons. The lowest BCUT2D eigenvalue weighted by Gasteiger charge is -2.26. The molecule has 0 fully saturated rings. The summed E-state index contributed by atoms with van der Waals surface area (Å²) in [5.74, 6) is 1.03. The van der Waals surface area contributed by atoms with Gasteiger partial charge in [-0.25, -0.2) is 9.67 Å². The second-order valence-corrected chi connectivity index (χ2v) is 5.16. The van der Waals surface area contributed by atoms with E-state index in [2.05, 4.69) is 43.1 Å². The molecule has 1 aromatic heterocycles. The van der Waals surface area contributed by atoms with Crippen LogP contribution in [0.3, 0.4) is 0 Å². The van der Waals surface area contributed by atoms with Crippen molar-refractivity contribution in [2.75, 3.05) is 13.7 Å². The van der Waals surface area contributed by atoms with E-state index in [1.54, 1.807) is 13.4 Å². The maximum Gasteiger partial charge on any atom is 0.138 e. The topological polar surface area (TPSA) is 52.0 Å². The molecule has 2 unspecified atom stereocenters. The first kappa shape index (κ1) is 16.1. The highest BCUT2D eigenvalue weighted by atomic mass is 16.5. The molecule has 0 spiro atoms. The molecule has 0 radical (unpaired) electrons. The molecule has 19 heavy (non-hydrogen) atoms. The van der Waals surface area contributed by atoms with Crippen LogP contribution in [0.2, 0.25) is 0 Å². The standard InChI is InChI=1S/C14H28N4O/c1-6-8-15-12(13(7-2)19-5)9-14-16-10-17-18(14)11(3)4/h10-13,15H,6-9H2,1-5H3. The summed E-state index contributed by atoms with van der Waals surface area (Å²) in [4.78, 5) is 4.39. The van der Waals surface area contributed by atoms with Gasteiger partial charge in [-0.05, 0) is 33.2 Å². The summed E-state index contributed by atoms with van der Waals surface area (Å²) in [6.07, 6.45) is 4.81. The van der Waals surface area contributed by atoms with Gasteiger partial charge in [0.15, 0.2) is 0 Å². The van der Waals surface area contributed by atoms with Crippen molar-refractivity contribution in [1.82, 2.24) is 20.1 Å². The van der Waals surface area contributed by atoms with Crippen molar-refractivity contribution in [1.29, 1.82) is 0 Å². The Morgan fingerprint density at radius 1 is 1.37 bits per heavy atom. The van der Waals surface area contributed by atoms with Gasteiger partial charge in [0.05, 0.1) is 6.10 Å². The zero-order chi connectivity index (χ0) is 14.3. The van der Waals surface area contributed by atoms with Gasteiger partial charge in [0.1, 0.15) is 12.2 Å². The minimum Gasteiger partial charge on any atom is -0.380 e. The molecule has 0 saturated carbocycles. The molecule has 0 aliphatic rings. The monoisotopic (exact) mass is 268 g/mol. The smallest absolute Gasteiger partial charge is 0.138 e. The van der Waals surface area contributed by atoms with E-state index < -0.39 is 0 Å². The Balaban J connectivity index is 2.77. The summed E-state index contributed by atoms with van der Waals surface area (Å²) in [5, 5.41) is 7.87. The van der Waals surface area contributed by atoms with E-state index in [-0.39, 0.29) is 12.1 Å². The molecule has 1 rings (SSSR count). The van der Waals surface area contributed by atoms with Crippen LogP contribution in [0.5, 0.6) is 0 Å². The Kier molecular flexibility index (Phi) is 7.02.